The normalized spacial score (nSPS) is 11.0. The zero-order valence-electron chi connectivity index (χ0n) is 13.5. The number of likely N-dealkylation sites (N-methyl/N-ethyl adjacent to an activating group) is 1. The molecule has 25 heavy (non-hydrogen) atoms. The molecule has 0 aliphatic carbocycles. The van der Waals surface area contributed by atoms with Crippen molar-refractivity contribution in [2.75, 3.05) is 25.4 Å². The second-order valence-corrected chi connectivity index (χ2v) is 6.99. The van der Waals surface area contributed by atoms with Gasteiger partial charge in [0.1, 0.15) is 17.4 Å². The summed E-state index contributed by atoms with van der Waals surface area (Å²) in [5, 5.41) is 0. The maximum Gasteiger partial charge on any atom is 0.262 e. The number of nitrogens with one attached hydrogen (secondary N) is 1. The fourth-order valence-electron chi connectivity index (χ4n) is 1.79. The van der Waals surface area contributed by atoms with Gasteiger partial charge in [0.05, 0.1) is 4.90 Å². The molecule has 0 saturated heterocycles. The molecule has 0 saturated carbocycles. The second kappa shape index (κ2) is 7.47. The third kappa shape index (κ3) is 5.15. The minimum absolute atomic E-state index is 0.152. The van der Waals surface area contributed by atoms with Crippen LogP contribution in [-0.4, -0.2) is 39.9 Å². The van der Waals surface area contributed by atoms with Gasteiger partial charge < -0.3 is 9.64 Å². The van der Waals surface area contributed by atoms with Crippen LogP contribution in [0.3, 0.4) is 0 Å². The van der Waals surface area contributed by atoms with Crippen LogP contribution in [0.5, 0.6) is 5.75 Å². The predicted molar refractivity (Wildman–Crippen MR) is 87.8 cm³/mol. The molecule has 0 spiro atoms. The van der Waals surface area contributed by atoms with Gasteiger partial charge in [0.2, 0.25) is 0 Å². The summed E-state index contributed by atoms with van der Waals surface area (Å²) in [6.07, 6.45) is 0. The van der Waals surface area contributed by atoms with E-state index < -0.39 is 26.6 Å². The lowest BCUT2D eigenvalue weighted by molar-refractivity contribution is -0.130. The molecule has 134 valence electrons. The average molecular weight is 370 g/mol. The Morgan fingerprint density at radius 2 is 1.64 bits per heavy atom. The maximum absolute atomic E-state index is 13.2. The van der Waals surface area contributed by atoms with E-state index in [1.807, 2.05) is 0 Å². The van der Waals surface area contributed by atoms with Crippen molar-refractivity contribution in [1.82, 2.24) is 4.90 Å². The topological polar surface area (TPSA) is 75.7 Å². The molecule has 9 heteroatoms. The van der Waals surface area contributed by atoms with Gasteiger partial charge in [-0.1, -0.05) is 0 Å². The summed E-state index contributed by atoms with van der Waals surface area (Å²) < 4.78 is 58.1. The Labute approximate surface area is 144 Å². The first-order valence-corrected chi connectivity index (χ1v) is 8.57. The van der Waals surface area contributed by atoms with Gasteiger partial charge in [0.25, 0.3) is 15.9 Å². The Bertz CT molecular complexity index is 848. The van der Waals surface area contributed by atoms with Gasteiger partial charge >= 0.3 is 0 Å². The van der Waals surface area contributed by atoms with E-state index in [1.165, 1.54) is 29.2 Å². The van der Waals surface area contributed by atoms with Crippen molar-refractivity contribution in [2.45, 2.75) is 4.90 Å². The van der Waals surface area contributed by atoms with E-state index in [-0.39, 0.29) is 18.2 Å². The van der Waals surface area contributed by atoms with Crippen LogP contribution < -0.4 is 9.46 Å². The first-order valence-electron chi connectivity index (χ1n) is 7.09. The lowest BCUT2D eigenvalue weighted by atomic mass is 10.3. The zero-order chi connectivity index (χ0) is 18.6. The monoisotopic (exact) mass is 370 g/mol. The Hall–Kier alpha value is -2.68. The number of benzene rings is 2. The number of sulfonamides is 1. The van der Waals surface area contributed by atoms with E-state index in [0.717, 1.165) is 12.1 Å². The number of carbonyl (C=O) groups excluding carboxylic acids is 1. The highest BCUT2D eigenvalue weighted by Gasteiger charge is 2.16. The van der Waals surface area contributed by atoms with Gasteiger partial charge in [-0.25, -0.2) is 17.2 Å². The van der Waals surface area contributed by atoms with Crippen LogP contribution in [0.4, 0.5) is 14.5 Å². The molecule has 0 radical (unpaired) electrons. The van der Waals surface area contributed by atoms with Crippen molar-refractivity contribution < 1.29 is 26.7 Å². The molecular formula is C16H16F2N2O4S. The van der Waals surface area contributed by atoms with E-state index in [1.54, 1.807) is 14.1 Å². The average Bonchev–Trinajstić information content (AvgIpc) is 2.52. The third-order valence-electron chi connectivity index (χ3n) is 3.11. The van der Waals surface area contributed by atoms with E-state index in [0.29, 0.717) is 11.8 Å². The van der Waals surface area contributed by atoms with Crippen LogP contribution in [-0.2, 0) is 14.8 Å². The molecule has 1 amide bonds. The molecule has 0 aliphatic rings. The highest BCUT2D eigenvalue weighted by atomic mass is 32.2. The Morgan fingerprint density at radius 3 is 2.16 bits per heavy atom. The fraction of sp³-hybridized carbons (Fsp3) is 0.188. The molecule has 2 rings (SSSR count). The predicted octanol–water partition coefficient (Wildman–Crippen LogP) is 2.23. The first-order chi connectivity index (χ1) is 11.7. The zero-order valence-corrected chi connectivity index (χ0v) is 14.3. The van der Waals surface area contributed by atoms with Crippen LogP contribution in [0, 0.1) is 11.6 Å². The summed E-state index contributed by atoms with van der Waals surface area (Å²) in [7, 11) is -0.948. The van der Waals surface area contributed by atoms with Gasteiger partial charge in [-0.05, 0) is 36.4 Å². The third-order valence-corrected chi connectivity index (χ3v) is 4.47. The summed E-state index contributed by atoms with van der Waals surface area (Å²) in [4.78, 5) is 12.3. The van der Waals surface area contributed by atoms with Gasteiger partial charge in [0, 0.05) is 25.8 Å². The summed E-state index contributed by atoms with van der Waals surface area (Å²) in [6.45, 7) is -0.152. The van der Waals surface area contributed by atoms with Crippen molar-refractivity contribution >= 4 is 21.6 Å². The number of hydrogen-bond acceptors (Lipinski definition) is 4. The number of halogens is 2. The Morgan fingerprint density at radius 1 is 1.08 bits per heavy atom. The summed E-state index contributed by atoms with van der Waals surface area (Å²) in [6, 6.07) is 7.76. The van der Waals surface area contributed by atoms with E-state index in [4.69, 9.17) is 4.74 Å². The minimum Gasteiger partial charge on any atom is -0.484 e. The van der Waals surface area contributed by atoms with Crippen molar-refractivity contribution in [2.24, 2.45) is 0 Å². The molecule has 2 aromatic rings. The summed E-state index contributed by atoms with van der Waals surface area (Å²) in [5.74, 6) is -1.84. The lowest BCUT2D eigenvalue weighted by Gasteiger charge is -2.12. The molecule has 0 aromatic heterocycles. The highest BCUT2D eigenvalue weighted by molar-refractivity contribution is 7.92. The van der Waals surface area contributed by atoms with Crippen LogP contribution in [0.25, 0.3) is 0 Å². The molecule has 0 fully saturated rings. The summed E-state index contributed by atoms with van der Waals surface area (Å²) >= 11 is 0. The SMILES string of the molecule is CN(C)C(=O)COc1ccc(NS(=O)(=O)c2cc(F)cc(F)c2)cc1. The molecule has 2 aromatic carbocycles. The Balaban J connectivity index is 2.08. The summed E-state index contributed by atoms with van der Waals surface area (Å²) in [5.41, 5.74) is 0.177. The van der Waals surface area contributed by atoms with Gasteiger partial charge in [-0.15, -0.1) is 0 Å². The smallest absolute Gasteiger partial charge is 0.262 e. The molecule has 0 heterocycles. The van der Waals surface area contributed by atoms with Gasteiger partial charge in [-0.2, -0.15) is 0 Å². The number of anilines is 1. The van der Waals surface area contributed by atoms with E-state index in [9.17, 15) is 22.0 Å². The number of ether oxygens (including phenoxy) is 1. The molecule has 6 nitrogen and oxygen atoms in total. The standard InChI is InChI=1S/C16H16F2N2O4S/c1-20(2)16(21)10-24-14-5-3-13(4-6-14)19-25(22,23)15-8-11(17)7-12(18)9-15/h3-9,19H,10H2,1-2H3. The van der Waals surface area contributed by atoms with Crippen molar-refractivity contribution in [3.8, 4) is 5.75 Å². The number of amides is 1. The second-order valence-electron chi connectivity index (χ2n) is 5.31. The number of hydrogen-bond donors (Lipinski definition) is 1. The quantitative estimate of drug-likeness (QED) is 0.846. The molecule has 0 atom stereocenters. The lowest BCUT2D eigenvalue weighted by Crippen LogP contribution is -2.27. The van der Waals surface area contributed by atoms with Crippen molar-refractivity contribution in [3.63, 3.8) is 0 Å². The molecule has 0 bridgehead atoms. The van der Waals surface area contributed by atoms with Crippen LogP contribution in [0.1, 0.15) is 0 Å². The van der Waals surface area contributed by atoms with Crippen LogP contribution in [0.2, 0.25) is 0 Å². The van der Waals surface area contributed by atoms with Gasteiger partial charge in [-0.3, -0.25) is 9.52 Å². The van der Waals surface area contributed by atoms with Gasteiger partial charge in [0.15, 0.2) is 6.61 Å². The first kappa shape index (κ1) is 18.7. The molecule has 1 N–H and O–H groups in total. The Kier molecular flexibility index (Phi) is 5.58. The number of rotatable bonds is 6. The van der Waals surface area contributed by atoms with Crippen molar-refractivity contribution in [3.05, 3.63) is 54.1 Å². The van der Waals surface area contributed by atoms with Crippen LogP contribution >= 0.6 is 0 Å². The minimum atomic E-state index is -4.14. The van der Waals surface area contributed by atoms with E-state index >= 15 is 0 Å². The maximum atomic E-state index is 13.2. The van der Waals surface area contributed by atoms with Crippen LogP contribution in [0.15, 0.2) is 47.4 Å². The number of nitrogens with zero attached hydrogens (tertiary/aromatic N) is 1. The van der Waals surface area contributed by atoms with Crippen molar-refractivity contribution in [1.29, 1.82) is 0 Å². The highest BCUT2D eigenvalue weighted by Crippen LogP contribution is 2.20. The number of carbonyl (C=O) groups is 1. The fourth-order valence-corrected chi connectivity index (χ4v) is 2.89. The molecule has 0 unspecified atom stereocenters. The molecule has 0 aliphatic heterocycles. The largest absolute Gasteiger partial charge is 0.484 e. The van der Waals surface area contributed by atoms with E-state index in [2.05, 4.69) is 4.72 Å². The molecular weight excluding hydrogens is 354 g/mol.